The number of nitrogens with zero attached hydrogens (tertiary/aromatic N) is 2. The van der Waals surface area contributed by atoms with Crippen LogP contribution >= 0.6 is 0 Å². The van der Waals surface area contributed by atoms with Crippen molar-refractivity contribution in [3.8, 4) is 5.88 Å². The Morgan fingerprint density at radius 1 is 1.13 bits per heavy atom. The third-order valence-corrected chi connectivity index (χ3v) is 3.35. The van der Waals surface area contributed by atoms with Gasteiger partial charge in [0.1, 0.15) is 0 Å². The third-order valence-electron chi connectivity index (χ3n) is 3.35. The van der Waals surface area contributed by atoms with Gasteiger partial charge in [0, 0.05) is 31.9 Å². The SMILES string of the molecule is CCOc1ncccc1CNC(=NC)NCCc1ccccc1. The van der Waals surface area contributed by atoms with E-state index in [-0.39, 0.29) is 0 Å². The number of aliphatic imine (C=N–C) groups is 1. The maximum absolute atomic E-state index is 5.53. The van der Waals surface area contributed by atoms with E-state index in [1.807, 2.05) is 25.1 Å². The van der Waals surface area contributed by atoms with Gasteiger partial charge in [-0.25, -0.2) is 4.98 Å². The summed E-state index contributed by atoms with van der Waals surface area (Å²) in [7, 11) is 1.77. The number of ether oxygens (including phenoxy) is 1. The molecule has 0 aliphatic rings. The molecule has 0 fully saturated rings. The number of guanidine groups is 1. The Morgan fingerprint density at radius 3 is 2.70 bits per heavy atom. The Kier molecular flexibility index (Phi) is 6.91. The molecule has 5 nitrogen and oxygen atoms in total. The van der Waals surface area contributed by atoms with Crippen LogP contribution in [0.5, 0.6) is 5.88 Å². The van der Waals surface area contributed by atoms with Crippen LogP contribution in [0.15, 0.2) is 53.7 Å². The highest BCUT2D eigenvalue weighted by molar-refractivity contribution is 5.79. The van der Waals surface area contributed by atoms with Gasteiger partial charge in [0.2, 0.25) is 5.88 Å². The first-order valence-corrected chi connectivity index (χ1v) is 7.88. The molecule has 0 saturated heterocycles. The Labute approximate surface area is 137 Å². The fourth-order valence-electron chi connectivity index (χ4n) is 2.19. The molecule has 0 bridgehead atoms. The molecule has 2 rings (SSSR count). The van der Waals surface area contributed by atoms with Gasteiger partial charge < -0.3 is 15.4 Å². The number of aromatic nitrogens is 1. The van der Waals surface area contributed by atoms with Crippen LogP contribution in [0.2, 0.25) is 0 Å². The number of hydrogen-bond acceptors (Lipinski definition) is 3. The molecule has 122 valence electrons. The number of nitrogens with one attached hydrogen (secondary N) is 2. The summed E-state index contributed by atoms with van der Waals surface area (Å²) < 4.78 is 5.53. The molecule has 0 aliphatic heterocycles. The fraction of sp³-hybridized carbons (Fsp3) is 0.333. The molecule has 1 heterocycles. The molecule has 23 heavy (non-hydrogen) atoms. The Bertz CT molecular complexity index is 613. The Hall–Kier alpha value is -2.56. The van der Waals surface area contributed by atoms with E-state index in [0.717, 1.165) is 24.5 Å². The summed E-state index contributed by atoms with van der Waals surface area (Å²) in [6.07, 6.45) is 2.69. The summed E-state index contributed by atoms with van der Waals surface area (Å²) in [6.45, 7) is 4.01. The van der Waals surface area contributed by atoms with Crippen molar-refractivity contribution in [3.05, 3.63) is 59.8 Å². The van der Waals surface area contributed by atoms with Crippen molar-refractivity contribution in [2.24, 2.45) is 4.99 Å². The first kappa shape index (κ1) is 16.8. The zero-order valence-corrected chi connectivity index (χ0v) is 13.7. The molecular formula is C18H24N4O. The van der Waals surface area contributed by atoms with Gasteiger partial charge in [-0.05, 0) is 25.0 Å². The van der Waals surface area contributed by atoms with Crippen LogP contribution in [0.4, 0.5) is 0 Å². The average molecular weight is 312 g/mol. The van der Waals surface area contributed by atoms with Crippen LogP contribution in [-0.4, -0.2) is 31.1 Å². The van der Waals surface area contributed by atoms with Crippen molar-refractivity contribution >= 4 is 5.96 Å². The van der Waals surface area contributed by atoms with Gasteiger partial charge in [-0.3, -0.25) is 4.99 Å². The highest BCUT2D eigenvalue weighted by Crippen LogP contribution is 2.13. The smallest absolute Gasteiger partial charge is 0.218 e. The monoisotopic (exact) mass is 312 g/mol. The van der Waals surface area contributed by atoms with Gasteiger partial charge in [-0.15, -0.1) is 0 Å². The lowest BCUT2D eigenvalue weighted by atomic mass is 10.1. The van der Waals surface area contributed by atoms with Gasteiger partial charge in [-0.2, -0.15) is 0 Å². The van der Waals surface area contributed by atoms with Crippen LogP contribution in [0.3, 0.4) is 0 Å². The minimum absolute atomic E-state index is 0.605. The lowest BCUT2D eigenvalue weighted by Gasteiger charge is -2.13. The molecular weight excluding hydrogens is 288 g/mol. The zero-order valence-electron chi connectivity index (χ0n) is 13.7. The van der Waals surface area contributed by atoms with E-state index < -0.39 is 0 Å². The standard InChI is InChI=1S/C18H24N4O/c1-3-23-17-16(10-7-12-20-17)14-22-18(19-2)21-13-11-15-8-5-4-6-9-15/h4-10,12H,3,11,13-14H2,1-2H3,(H2,19,21,22). The van der Waals surface area contributed by atoms with Gasteiger partial charge in [0.25, 0.3) is 0 Å². The van der Waals surface area contributed by atoms with E-state index in [9.17, 15) is 0 Å². The van der Waals surface area contributed by atoms with E-state index in [1.165, 1.54) is 5.56 Å². The quantitative estimate of drug-likeness (QED) is 0.609. The van der Waals surface area contributed by atoms with Crippen LogP contribution in [0, 0.1) is 0 Å². The molecule has 5 heteroatoms. The van der Waals surface area contributed by atoms with Crippen LogP contribution in [0.25, 0.3) is 0 Å². The largest absolute Gasteiger partial charge is 0.478 e. The van der Waals surface area contributed by atoms with Crippen molar-refractivity contribution in [2.75, 3.05) is 20.2 Å². The normalized spacial score (nSPS) is 11.1. The second-order valence-electron chi connectivity index (χ2n) is 4.99. The summed E-state index contributed by atoms with van der Waals surface area (Å²) in [5.41, 5.74) is 2.32. The summed E-state index contributed by atoms with van der Waals surface area (Å²) in [5.74, 6) is 1.44. The zero-order chi connectivity index (χ0) is 16.3. The van der Waals surface area contributed by atoms with E-state index in [1.54, 1.807) is 13.2 Å². The molecule has 2 aromatic rings. The van der Waals surface area contributed by atoms with Gasteiger partial charge in [0.05, 0.1) is 6.61 Å². The minimum Gasteiger partial charge on any atom is -0.478 e. The molecule has 0 saturated carbocycles. The van der Waals surface area contributed by atoms with E-state index in [2.05, 4.69) is 44.9 Å². The van der Waals surface area contributed by atoms with Crippen molar-refractivity contribution < 1.29 is 4.74 Å². The molecule has 0 amide bonds. The minimum atomic E-state index is 0.605. The molecule has 0 spiro atoms. The lowest BCUT2D eigenvalue weighted by Crippen LogP contribution is -2.38. The van der Waals surface area contributed by atoms with Gasteiger partial charge in [-0.1, -0.05) is 36.4 Å². The van der Waals surface area contributed by atoms with Crippen LogP contribution < -0.4 is 15.4 Å². The van der Waals surface area contributed by atoms with E-state index >= 15 is 0 Å². The van der Waals surface area contributed by atoms with E-state index in [0.29, 0.717) is 19.0 Å². The predicted octanol–water partition coefficient (Wildman–Crippen LogP) is 2.39. The molecule has 0 radical (unpaired) electrons. The summed E-state index contributed by atoms with van der Waals surface area (Å²) in [4.78, 5) is 8.49. The lowest BCUT2D eigenvalue weighted by molar-refractivity contribution is 0.322. The Morgan fingerprint density at radius 2 is 1.96 bits per heavy atom. The molecule has 0 unspecified atom stereocenters. The maximum atomic E-state index is 5.53. The van der Waals surface area contributed by atoms with Crippen molar-refractivity contribution in [2.45, 2.75) is 19.9 Å². The molecule has 0 atom stereocenters. The number of pyridine rings is 1. The number of hydrogen-bond donors (Lipinski definition) is 2. The van der Waals surface area contributed by atoms with Crippen molar-refractivity contribution in [1.29, 1.82) is 0 Å². The van der Waals surface area contributed by atoms with E-state index in [4.69, 9.17) is 4.74 Å². The molecule has 2 N–H and O–H groups in total. The van der Waals surface area contributed by atoms with Crippen molar-refractivity contribution in [3.63, 3.8) is 0 Å². The number of benzene rings is 1. The van der Waals surface area contributed by atoms with Crippen molar-refractivity contribution in [1.82, 2.24) is 15.6 Å². The second kappa shape index (κ2) is 9.46. The second-order valence-corrected chi connectivity index (χ2v) is 4.99. The topological polar surface area (TPSA) is 58.5 Å². The van der Waals surface area contributed by atoms with Crippen LogP contribution in [-0.2, 0) is 13.0 Å². The Balaban J connectivity index is 1.81. The average Bonchev–Trinajstić information content (AvgIpc) is 2.60. The van der Waals surface area contributed by atoms with Gasteiger partial charge in [0.15, 0.2) is 5.96 Å². The molecule has 0 aliphatic carbocycles. The highest BCUT2D eigenvalue weighted by Gasteiger charge is 2.05. The molecule has 1 aromatic heterocycles. The highest BCUT2D eigenvalue weighted by atomic mass is 16.5. The summed E-state index contributed by atoms with van der Waals surface area (Å²) in [6, 6.07) is 14.3. The predicted molar refractivity (Wildman–Crippen MR) is 93.8 cm³/mol. The maximum Gasteiger partial charge on any atom is 0.218 e. The summed E-state index contributed by atoms with van der Waals surface area (Å²) >= 11 is 0. The number of rotatable bonds is 7. The first-order valence-electron chi connectivity index (χ1n) is 7.88. The summed E-state index contributed by atoms with van der Waals surface area (Å²) in [5, 5.41) is 6.61. The van der Waals surface area contributed by atoms with Crippen LogP contribution in [0.1, 0.15) is 18.1 Å². The first-order chi connectivity index (χ1) is 11.3. The fourth-order valence-corrected chi connectivity index (χ4v) is 2.19. The van der Waals surface area contributed by atoms with Gasteiger partial charge >= 0.3 is 0 Å². The third kappa shape index (κ3) is 5.62. The molecule has 1 aromatic carbocycles.